The summed E-state index contributed by atoms with van der Waals surface area (Å²) < 4.78 is 25.7. The van der Waals surface area contributed by atoms with Gasteiger partial charge in [0.2, 0.25) is 0 Å². The van der Waals surface area contributed by atoms with Crippen LogP contribution in [-0.4, -0.2) is 35.0 Å². The van der Waals surface area contributed by atoms with Gasteiger partial charge in [-0.05, 0) is 30.7 Å². The summed E-state index contributed by atoms with van der Waals surface area (Å²) in [6.07, 6.45) is 1.89. The molecule has 0 amide bonds. The highest BCUT2D eigenvalue weighted by atomic mass is 32.2. The highest BCUT2D eigenvalue weighted by molar-refractivity contribution is 7.91. The number of fused-ring (bicyclic) bond motifs is 1. The number of anilines is 1. The van der Waals surface area contributed by atoms with E-state index in [0.29, 0.717) is 10.8 Å². The van der Waals surface area contributed by atoms with Crippen molar-refractivity contribution in [1.82, 2.24) is 14.8 Å². The topological polar surface area (TPSA) is 76.9 Å². The summed E-state index contributed by atoms with van der Waals surface area (Å²) in [4.78, 5) is 4.97. The average molecular weight is 348 g/mol. The molecule has 7 heteroatoms. The van der Waals surface area contributed by atoms with Crippen LogP contribution in [0.4, 0.5) is 5.69 Å². The first kappa shape index (κ1) is 17.0. The quantitative estimate of drug-likeness (QED) is 0.899. The van der Waals surface area contributed by atoms with Gasteiger partial charge in [-0.2, -0.15) is 5.10 Å². The number of nitrogens with zero attached hydrogens (tertiary/aromatic N) is 3. The minimum Gasteiger partial charge on any atom is -0.380 e. The molecule has 1 unspecified atom stereocenters. The third kappa shape index (κ3) is 3.45. The van der Waals surface area contributed by atoms with Gasteiger partial charge in [0.1, 0.15) is 5.82 Å². The first-order valence-corrected chi connectivity index (χ1v) is 10.1. The largest absolute Gasteiger partial charge is 0.380 e. The standard InChI is InChI=1S/C17H24N4O2S/c1-4-24(22,23)15-8-5-13(6-9-15)18-14-7-10-16-19-17(12(2)3)20-21(16)11-14/h5-6,8-9,12,14,18H,4,7,10-11H2,1-3H3. The van der Waals surface area contributed by atoms with Crippen molar-refractivity contribution in [1.29, 1.82) is 0 Å². The molecule has 6 nitrogen and oxygen atoms in total. The summed E-state index contributed by atoms with van der Waals surface area (Å²) in [6, 6.07) is 7.27. The minimum atomic E-state index is -3.14. The molecule has 0 radical (unpaired) electrons. The molecular formula is C17H24N4O2S. The molecule has 1 aromatic carbocycles. The Kier molecular flexibility index (Phi) is 4.62. The molecule has 24 heavy (non-hydrogen) atoms. The number of aryl methyl sites for hydroxylation is 1. The van der Waals surface area contributed by atoms with Gasteiger partial charge in [-0.3, -0.25) is 0 Å². The van der Waals surface area contributed by atoms with Crippen LogP contribution in [-0.2, 0) is 22.8 Å². The van der Waals surface area contributed by atoms with Crippen molar-refractivity contribution in [3.8, 4) is 0 Å². The minimum absolute atomic E-state index is 0.121. The van der Waals surface area contributed by atoms with Gasteiger partial charge in [0.25, 0.3) is 0 Å². The molecule has 0 fully saturated rings. The molecule has 1 aliphatic heterocycles. The maximum absolute atomic E-state index is 11.9. The second-order valence-electron chi connectivity index (χ2n) is 6.53. The van der Waals surface area contributed by atoms with Crippen molar-refractivity contribution in [2.24, 2.45) is 0 Å². The highest BCUT2D eigenvalue weighted by Gasteiger charge is 2.22. The van der Waals surface area contributed by atoms with Crippen molar-refractivity contribution in [2.75, 3.05) is 11.1 Å². The zero-order valence-electron chi connectivity index (χ0n) is 14.4. The monoisotopic (exact) mass is 348 g/mol. The first-order valence-electron chi connectivity index (χ1n) is 8.42. The molecule has 0 spiro atoms. The van der Waals surface area contributed by atoms with Crippen molar-refractivity contribution < 1.29 is 8.42 Å². The molecule has 1 aliphatic rings. The lowest BCUT2D eigenvalue weighted by atomic mass is 10.1. The van der Waals surface area contributed by atoms with Crippen LogP contribution in [0.1, 0.15) is 44.8 Å². The van der Waals surface area contributed by atoms with E-state index in [0.717, 1.165) is 36.7 Å². The zero-order chi connectivity index (χ0) is 17.3. The summed E-state index contributed by atoms with van der Waals surface area (Å²) >= 11 is 0. The van der Waals surface area contributed by atoms with E-state index < -0.39 is 9.84 Å². The van der Waals surface area contributed by atoms with Gasteiger partial charge in [-0.15, -0.1) is 0 Å². The Morgan fingerprint density at radius 2 is 2.00 bits per heavy atom. The molecular weight excluding hydrogens is 324 g/mol. The van der Waals surface area contributed by atoms with Gasteiger partial charge in [0, 0.05) is 24.1 Å². The van der Waals surface area contributed by atoms with Gasteiger partial charge in [-0.1, -0.05) is 20.8 Å². The van der Waals surface area contributed by atoms with E-state index in [1.54, 1.807) is 19.1 Å². The molecule has 2 aromatic rings. The predicted octanol–water partition coefficient (Wildman–Crippen LogP) is 2.62. The molecule has 0 saturated carbocycles. The van der Waals surface area contributed by atoms with E-state index in [1.807, 2.05) is 16.8 Å². The number of nitrogens with one attached hydrogen (secondary N) is 1. The molecule has 2 heterocycles. The van der Waals surface area contributed by atoms with E-state index in [2.05, 4.69) is 29.2 Å². The van der Waals surface area contributed by atoms with Gasteiger partial charge >= 0.3 is 0 Å². The Bertz CT molecular complexity index is 810. The third-order valence-electron chi connectivity index (χ3n) is 4.36. The molecule has 0 aliphatic carbocycles. The Labute approximate surface area is 143 Å². The lowest BCUT2D eigenvalue weighted by Gasteiger charge is -2.24. The number of benzene rings is 1. The fourth-order valence-corrected chi connectivity index (χ4v) is 3.74. The van der Waals surface area contributed by atoms with Crippen LogP contribution in [0.2, 0.25) is 0 Å². The second-order valence-corrected chi connectivity index (χ2v) is 8.81. The molecule has 130 valence electrons. The number of hydrogen-bond donors (Lipinski definition) is 1. The molecule has 1 atom stereocenters. The van der Waals surface area contributed by atoms with E-state index >= 15 is 0 Å². The lowest BCUT2D eigenvalue weighted by molar-refractivity contribution is 0.440. The summed E-state index contributed by atoms with van der Waals surface area (Å²) in [5.74, 6) is 2.42. The van der Waals surface area contributed by atoms with Crippen LogP contribution in [0.25, 0.3) is 0 Å². The van der Waals surface area contributed by atoms with Crippen molar-refractivity contribution in [3.63, 3.8) is 0 Å². The van der Waals surface area contributed by atoms with Crippen LogP contribution < -0.4 is 5.32 Å². The van der Waals surface area contributed by atoms with Crippen LogP contribution in [0, 0.1) is 0 Å². The molecule has 1 N–H and O–H groups in total. The first-order chi connectivity index (χ1) is 11.4. The van der Waals surface area contributed by atoms with Gasteiger partial charge in [-0.25, -0.2) is 18.1 Å². The Hall–Kier alpha value is -1.89. The molecule has 1 aromatic heterocycles. The molecule has 3 rings (SSSR count). The van der Waals surface area contributed by atoms with Crippen LogP contribution in [0.15, 0.2) is 29.2 Å². The van der Waals surface area contributed by atoms with E-state index in [-0.39, 0.29) is 11.8 Å². The summed E-state index contributed by atoms with van der Waals surface area (Å²) in [7, 11) is -3.14. The summed E-state index contributed by atoms with van der Waals surface area (Å²) in [5.41, 5.74) is 0.933. The summed E-state index contributed by atoms with van der Waals surface area (Å²) in [5, 5.41) is 8.06. The Morgan fingerprint density at radius 3 is 2.62 bits per heavy atom. The normalized spacial score (nSPS) is 17.8. The van der Waals surface area contributed by atoms with E-state index in [4.69, 9.17) is 0 Å². The van der Waals surface area contributed by atoms with Crippen LogP contribution in [0.3, 0.4) is 0 Å². The Morgan fingerprint density at radius 1 is 1.29 bits per heavy atom. The van der Waals surface area contributed by atoms with Gasteiger partial charge in [0.05, 0.1) is 17.2 Å². The summed E-state index contributed by atoms with van der Waals surface area (Å²) in [6.45, 7) is 6.64. The van der Waals surface area contributed by atoms with Crippen LogP contribution in [0.5, 0.6) is 0 Å². The van der Waals surface area contributed by atoms with E-state index in [9.17, 15) is 8.42 Å². The molecule has 0 bridgehead atoms. The maximum Gasteiger partial charge on any atom is 0.178 e. The third-order valence-corrected chi connectivity index (χ3v) is 6.11. The predicted molar refractivity (Wildman–Crippen MR) is 94.0 cm³/mol. The van der Waals surface area contributed by atoms with Crippen LogP contribution >= 0.6 is 0 Å². The fraction of sp³-hybridized carbons (Fsp3) is 0.529. The highest BCUT2D eigenvalue weighted by Crippen LogP contribution is 2.21. The van der Waals surface area contributed by atoms with Crippen molar-refractivity contribution >= 4 is 15.5 Å². The number of sulfone groups is 1. The average Bonchev–Trinajstić information content (AvgIpc) is 2.99. The van der Waals surface area contributed by atoms with Gasteiger partial charge in [0.15, 0.2) is 15.7 Å². The van der Waals surface area contributed by atoms with E-state index in [1.165, 1.54) is 0 Å². The number of rotatable bonds is 5. The maximum atomic E-state index is 11.9. The van der Waals surface area contributed by atoms with Crippen molar-refractivity contribution in [3.05, 3.63) is 35.9 Å². The number of aromatic nitrogens is 3. The fourth-order valence-electron chi connectivity index (χ4n) is 2.85. The Balaban J connectivity index is 1.69. The lowest BCUT2D eigenvalue weighted by Crippen LogP contribution is -2.31. The van der Waals surface area contributed by atoms with Crippen molar-refractivity contribution in [2.45, 2.75) is 57.0 Å². The second kappa shape index (κ2) is 6.55. The van der Waals surface area contributed by atoms with Gasteiger partial charge < -0.3 is 5.32 Å². The number of hydrogen-bond acceptors (Lipinski definition) is 5. The zero-order valence-corrected chi connectivity index (χ0v) is 15.2. The smallest absolute Gasteiger partial charge is 0.178 e. The SMILES string of the molecule is CCS(=O)(=O)c1ccc(NC2CCc3nc(C(C)C)nn3C2)cc1. The molecule has 0 saturated heterocycles.